The average molecular weight is 188 g/mol. The lowest BCUT2D eigenvalue weighted by Crippen LogP contribution is -1.86. The van der Waals surface area contributed by atoms with Crippen molar-refractivity contribution in [2.75, 3.05) is 0 Å². The largest absolute Gasteiger partial charge is 0.400 e. The van der Waals surface area contributed by atoms with Crippen LogP contribution in [-0.2, 0) is 0 Å². The second kappa shape index (κ2) is 2.59. The van der Waals surface area contributed by atoms with Crippen LogP contribution in [0.3, 0.4) is 0 Å². The van der Waals surface area contributed by atoms with E-state index < -0.39 is 0 Å². The van der Waals surface area contributed by atoms with Crippen molar-refractivity contribution in [1.29, 1.82) is 0 Å². The van der Waals surface area contributed by atoms with Gasteiger partial charge in [0.15, 0.2) is 0 Å². The predicted octanol–water partition coefficient (Wildman–Crippen LogP) is 0.174. The molecule has 7 nitrogen and oxygen atoms in total. The summed E-state index contributed by atoms with van der Waals surface area (Å²) in [5.41, 5.74) is 0.568. The van der Waals surface area contributed by atoms with Gasteiger partial charge in [-0.2, -0.15) is 4.52 Å². The fourth-order valence-corrected chi connectivity index (χ4v) is 1.07. The molecular weight excluding hydrogens is 184 g/mol. The maximum atomic E-state index is 5.27. The first-order valence-corrected chi connectivity index (χ1v) is 3.87. The van der Waals surface area contributed by atoms with E-state index in [1.54, 1.807) is 18.6 Å². The number of aromatic nitrogens is 6. The van der Waals surface area contributed by atoms with E-state index in [0.29, 0.717) is 17.4 Å². The van der Waals surface area contributed by atoms with E-state index in [2.05, 4.69) is 25.3 Å². The van der Waals surface area contributed by atoms with Gasteiger partial charge in [0.05, 0.1) is 6.20 Å². The third-order valence-corrected chi connectivity index (χ3v) is 1.67. The molecule has 14 heavy (non-hydrogen) atoms. The smallest absolute Gasteiger partial charge is 0.345 e. The van der Waals surface area contributed by atoms with E-state index in [0.717, 1.165) is 0 Å². The number of hydrogen-bond acceptors (Lipinski definition) is 6. The second-order valence-corrected chi connectivity index (χ2v) is 2.56. The van der Waals surface area contributed by atoms with E-state index >= 15 is 0 Å². The summed E-state index contributed by atoms with van der Waals surface area (Å²) >= 11 is 0. The summed E-state index contributed by atoms with van der Waals surface area (Å²) in [4.78, 5) is 7.95. The maximum absolute atomic E-state index is 5.27. The van der Waals surface area contributed by atoms with Crippen LogP contribution in [-0.4, -0.2) is 29.8 Å². The van der Waals surface area contributed by atoms with Crippen LogP contribution in [0.25, 0.3) is 17.4 Å². The van der Waals surface area contributed by atoms with Gasteiger partial charge in [0.2, 0.25) is 0 Å². The van der Waals surface area contributed by atoms with E-state index in [4.69, 9.17) is 4.42 Å². The molecule has 68 valence electrons. The monoisotopic (exact) mass is 188 g/mol. The van der Waals surface area contributed by atoms with E-state index in [1.807, 2.05) is 0 Å². The quantitative estimate of drug-likeness (QED) is 0.541. The molecule has 0 saturated heterocycles. The Balaban J connectivity index is 2.19. The van der Waals surface area contributed by atoms with Gasteiger partial charge in [0, 0.05) is 12.4 Å². The van der Waals surface area contributed by atoms with Gasteiger partial charge in [0.25, 0.3) is 5.89 Å². The minimum atomic E-state index is 0.339. The first-order chi connectivity index (χ1) is 6.93. The normalized spacial score (nSPS) is 10.9. The molecular formula is C7H4N6O. The molecule has 3 rings (SSSR count). The third kappa shape index (κ3) is 0.954. The molecule has 0 aliphatic rings. The van der Waals surface area contributed by atoms with Crippen LogP contribution in [0.5, 0.6) is 0 Å². The summed E-state index contributed by atoms with van der Waals surface area (Å²) in [5.74, 6) is 0.716. The Hall–Kier alpha value is -2.31. The summed E-state index contributed by atoms with van der Waals surface area (Å²) in [7, 11) is 0. The van der Waals surface area contributed by atoms with Crippen LogP contribution in [0.15, 0.2) is 29.3 Å². The number of nitrogens with zero attached hydrogens (tertiary/aromatic N) is 6. The van der Waals surface area contributed by atoms with Crippen molar-refractivity contribution in [3.63, 3.8) is 0 Å². The third-order valence-electron chi connectivity index (χ3n) is 1.67. The molecule has 0 aromatic carbocycles. The highest BCUT2D eigenvalue weighted by Gasteiger charge is 2.09. The lowest BCUT2D eigenvalue weighted by Gasteiger charge is -1.88. The molecule has 3 heterocycles. The maximum Gasteiger partial charge on any atom is 0.345 e. The molecule has 0 aliphatic heterocycles. The Morgan fingerprint density at radius 1 is 1.29 bits per heavy atom. The Kier molecular flexibility index (Phi) is 1.32. The zero-order valence-corrected chi connectivity index (χ0v) is 6.90. The standard InChI is InChI=1S/C7H4N6O/c1-2-9-5(3-8-1)6-12-13-4-10-11-7(13)14-6/h1-4H. The summed E-state index contributed by atoms with van der Waals surface area (Å²) in [5, 5.41) is 11.4. The van der Waals surface area contributed by atoms with Crippen LogP contribution < -0.4 is 0 Å². The Morgan fingerprint density at radius 2 is 2.29 bits per heavy atom. The fraction of sp³-hybridized carbons (Fsp3) is 0. The van der Waals surface area contributed by atoms with Crippen molar-refractivity contribution in [3.05, 3.63) is 24.9 Å². The predicted molar refractivity (Wildman–Crippen MR) is 44.1 cm³/mol. The van der Waals surface area contributed by atoms with Gasteiger partial charge in [-0.15, -0.1) is 10.2 Å². The van der Waals surface area contributed by atoms with Crippen molar-refractivity contribution in [1.82, 2.24) is 29.8 Å². The number of fused-ring (bicyclic) bond motifs is 1. The zero-order valence-electron chi connectivity index (χ0n) is 6.90. The van der Waals surface area contributed by atoms with Crippen LogP contribution in [0, 0.1) is 0 Å². The average Bonchev–Trinajstić information content (AvgIpc) is 2.78. The number of hydrogen-bond donors (Lipinski definition) is 0. The van der Waals surface area contributed by atoms with Crippen molar-refractivity contribution in [2.45, 2.75) is 0 Å². The molecule has 0 spiro atoms. The highest BCUT2D eigenvalue weighted by Crippen LogP contribution is 2.14. The van der Waals surface area contributed by atoms with E-state index in [1.165, 1.54) is 10.8 Å². The fourth-order valence-electron chi connectivity index (χ4n) is 1.07. The minimum Gasteiger partial charge on any atom is -0.400 e. The molecule has 0 radical (unpaired) electrons. The van der Waals surface area contributed by atoms with Crippen LogP contribution in [0.4, 0.5) is 0 Å². The molecule has 3 aromatic heterocycles. The molecule has 0 saturated carbocycles. The molecule has 0 bridgehead atoms. The van der Waals surface area contributed by atoms with Crippen LogP contribution >= 0.6 is 0 Å². The summed E-state index contributed by atoms with van der Waals surface area (Å²) in [6, 6.07) is 0. The van der Waals surface area contributed by atoms with Gasteiger partial charge in [-0.25, -0.2) is 4.98 Å². The molecule has 7 heteroatoms. The molecule has 0 aliphatic carbocycles. The summed E-state index contributed by atoms with van der Waals surface area (Å²) < 4.78 is 6.70. The topological polar surface area (TPSA) is 82.0 Å². The van der Waals surface area contributed by atoms with Gasteiger partial charge in [-0.3, -0.25) is 4.98 Å². The minimum absolute atomic E-state index is 0.339. The van der Waals surface area contributed by atoms with Crippen molar-refractivity contribution in [2.24, 2.45) is 0 Å². The Labute approximate surface area is 77.4 Å². The SMILES string of the molecule is c1cnc(-c2nn3cnnc3o2)cn1. The number of rotatable bonds is 1. The first kappa shape index (κ1) is 7.13. The second-order valence-electron chi connectivity index (χ2n) is 2.56. The highest BCUT2D eigenvalue weighted by molar-refractivity contribution is 5.45. The summed E-state index contributed by atoms with van der Waals surface area (Å²) in [6.07, 6.45) is 6.18. The lowest BCUT2D eigenvalue weighted by molar-refractivity contribution is 0.598. The van der Waals surface area contributed by atoms with E-state index in [-0.39, 0.29) is 0 Å². The summed E-state index contributed by atoms with van der Waals surface area (Å²) in [6.45, 7) is 0. The molecule has 0 atom stereocenters. The van der Waals surface area contributed by atoms with Gasteiger partial charge in [-0.1, -0.05) is 5.10 Å². The molecule has 0 N–H and O–H groups in total. The molecule has 3 aromatic rings. The molecule has 0 unspecified atom stereocenters. The Bertz CT molecular complexity index is 527. The first-order valence-electron chi connectivity index (χ1n) is 3.87. The molecule has 0 amide bonds. The van der Waals surface area contributed by atoms with Crippen molar-refractivity contribution in [3.8, 4) is 11.6 Å². The Morgan fingerprint density at radius 3 is 3.07 bits per heavy atom. The lowest BCUT2D eigenvalue weighted by atomic mass is 10.4. The van der Waals surface area contributed by atoms with Gasteiger partial charge in [-0.05, 0) is 0 Å². The van der Waals surface area contributed by atoms with Crippen molar-refractivity contribution < 1.29 is 4.42 Å². The van der Waals surface area contributed by atoms with Crippen LogP contribution in [0.1, 0.15) is 0 Å². The van der Waals surface area contributed by atoms with Crippen LogP contribution in [0.2, 0.25) is 0 Å². The van der Waals surface area contributed by atoms with Gasteiger partial charge in [0.1, 0.15) is 12.0 Å². The van der Waals surface area contributed by atoms with Gasteiger partial charge < -0.3 is 4.42 Å². The highest BCUT2D eigenvalue weighted by atomic mass is 16.4. The van der Waals surface area contributed by atoms with Crippen molar-refractivity contribution >= 4 is 5.84 Å². The van der Waals surface area contributed by atoms with Gasteiger partial charge >= 0.3 is 5.84 Å². The molecule has 0 fully saturated rings. The zero-order chi connectivity index (χ0) is 9.38. The van der Waals surface area contributed by atoms with E-state index in [9.17, 15) is 0 Å².